The van der Waals surface area contributed by atoms with E-state index in [4.69, 9.17) is 9.47 Å². The fourth-order valence-electron chi connectivity index (χ4n) is 2.12. The molecule has 0 radical (unpaired) electrons. The van der Waals surface area contributed by atoms with E-state index in [2.05, 4.69) is 24.4 Å². The first-order valence-electron chi connectivity index (χ1n) is 7.21. The Kier molecular flexibility index (Phi) is 5.67. The molecular weight excluding hydrogens is 238 g/mol. The van der Waals surface area contributed by atoms with Gasteiger partial charge in [-0.15, -0.1) is 0 Å². The average molecular weight is 263 g/mol. The van der Waals surface area contributed by atoms with Crippen LogP contribution < -0.4 is 10.1 Å². The van der Waals surface area contributed by atoms with Gasteiger partial charge in [0.1, 0.15) is 5.75 Å². The van der Waals surface area contributed by atoms with Crippen LogP contribution in [0.5, 0.6) is 5.75 Å². The van der Waals surface area contributed by atoms with Crippen LogP contribution in [0, 0.1) is 12.8 Å². The highest BCUT2D eigenvalue weighted by atomic mass is 16.5. The van der Waals surface area contributed by atoms with Gasteiger partial charge in [-0.3, -0.25) is 0 Å². The normalized spacial score (nSPS) is 14.6. The third kappa shape index (κ3) is 5.21. The summed E-state index contributed by atoms with van der Waals surface area (Å²) in [7, 11) is 1.71. The van der Waals surface area contributed by atoms with Crippen molar-refractivity contribution in [1.82, 2.24) is 5.32 Å². The summed E-state index contributed by atoms with van der Waals surface area (Å²) < 4.78 is 10.9. The van der Waals surface area contributed by atoms with Gasteiger partial charge in [0.15, 0.2) is 0 Å². The third-order valence-corrected chi connectivity index (χ3v) is 3.48. The van der Waals surface area contributed by atoms with Crippen LogP contribution in [0.1, 0.15) is 30.4 Å². The number of benzene rings is 1. The SMILES string of the molecule is COc1ccc(CNCCCOCC2CC2)cc1C. The molecule has 3 heteroatoms. The molecule has 1 N–H and O–H groups in total. The van der Waals surface area contributed by atoms with Crippen LogP contribution in [-0.2, 0) is 11.3 Å². The van der Waals surface area contributed by atoms with Crippen molar-refractivity contribution in [2.75, 3.05) is 26.9 Å². The molecule has 0 spiro atoms. The van der Waals surface area contributed by atoms with Gasteiger partial charge in [0.2, 0.25) is 0 Å². The zero-order valence-corrected chi connectivity index (χ0v) is 12.1. The zero-order valence-electron chi connectivity index (χ0n) is 12.1. The second kappa shape index (κ2) is 7.51. The summed E-state index contributed by atoms with van der Waals surface area (Å²) >= 11 is 0. The quantitative estimate of drug-likeness (QED) is 0.695. The first kappa shape index (κ1) is 14.4. The van der Waals surface area contributed by atoms with Crippen molar-refractivity contribution in [3.63, 3.8) is 0 Å². The molecule has 1 aliphatic carbocycles. The lowest BCUT2D eigenvalue weighted by atomic mass is 10.1. The Morgan fingerprint density at radius 3 is 2.84 bits per heavy atom. The number of methoxy groups -OCH3 is 1. The predicted molar refractivity (Wildman–Crippen MR) is 77.6 cm³/mol. The predicted octanol–water partition coefficient (Wildman–Crippen LogP) is 2.91. The van der Waals surface area contributed by atoms with Crippen LogP contribution >= 0.6 is 0 Å². The topological polar surface area (TPSA) is 30.5 Å². The molecule has 106 valence electrons. The van der Waals surface area contributed by atoms with E-state index >= 15 is 0 Å². The first-order chi connectivity index (χ1) is 9.29. The van der Waals surface area contributed by atoms with Crippen molar-refractivity contribution in [3.05, 3.63) is 29.3 Å². The van der Waals surface area contributed by atoms with Gasteiger partial charge in [0.05, 0.1) is 7.11 Å². The number of hydrogen-bond donors (Lipinski definition) is 1. The summed E-state index contributed by atoms with van der Waals surface area (Å²) in [5.74, 6) is 1.83. The van der Waals surface area contributed by atoms with Gasteiger partial charge < -0.3 is 14.8 Å². The highest BCUT2D eigenvalue weighted by Crippen LogP contribution is 2.28. The second-order valence-electron chi connectivity index (χ2n) is 5.35. The van der Waals surface area contributed by atoms with Crippen LogP contribution in [0.3, 0.4) is 0 Å². The lowest BCUT2D eigenvalue weighted by Gasteiger charge is -2.09. The maximum absolute atomic E-state index is 5.60. The van der Waals surface area contributed by atoms with Gasteiger partial charge in [0, 0.05) is 19.8 Å². The third-order valence-electron chi connectivity index (χ3n) is 3.48. The molecule has 1 aliphatic rings. The van der Waals surface area contributed by atoms with Gasteiger partial charge in [-0.05, 0) is 55.8 Å². The van der Waals surface area contributed by atoms with E-state index in [0.717, 1.165) is 44.4 Å². The smallest absolute Gasteiger partial charge is 0.121 e. The molecule has 0 saturated heterocycles. The minimum atomic E-state index is 0.871. The van der Waals surface area contributed by atoms with E-state index in [0.29, 0.717) is 0 Å². The van der Waals surface area contributed by atoms with E-state index in [9.17, 15) is 0 Å². The molecule has 0 aromatic heterocycles. The van der Waals surface area contributed by atoms with Gasteiger partial charge in [-0.1, -0.05) is 12.1 Å². The van der Waals surface area contributed by atoms with Crippen molar-refractivity contribution in [2.24, 2.45) is 5.92 Å². The fraction of sp³-hybridized carbons (Fsp3) is 0.625. The highest BCUT2D eigenvalue weighted by molar-refractivity contribution is 5.36. The average Bonchev–Trinajstić information content (AvgIpc) is 3.22. The van der Waals surface area contributed by atoms with Gasteiger partial charge in [0.25, 0.3) is 0 Å². The summed E-state index contributed by atoms with van der Waals surface area (Å²) in [5.41, 5.74) is 2.49. The summed E-state index contributed by atoms with van der Waals surface area (Å²) in [4.78, 5) is 0. The van der Waals surface area contributed by atoms with Crippen molar-refractivity contribution >= 4 is 0 Å². The lowest BCUT2D eigenvalue weighted by molar-refractivity contribution is 0.122. The Bertz CT molecular complexity index is 388. The largest absolute Gasteiger partial charge is 0.496 e. The highest BCUT2D eigenvalue weighted by Gasteiger charge is 2.20. The van der Waals surface area contributed by atoms with Gasteiger partial charge in [-0.2, -0.15) is 0 Å². The zero-order chi connectivity index (χ0) is 13.5. The summed E-state index contributed by atoms with van der Waals surface area (Å²) in [6.45, 7) is 5.85. The van der Waals surface area contributed by atoms with E-state index in [-0.39, 0.29) is 0 Å². The molecule has 0 heterocycles. The first-order valence-corrected chi connectivity index (χ1v) is 7.21. The monoisotopic (exact) mass is 263 g/mol. The molecule has 1 saturated carbocycles. The van der Waals surface area contributed by atoms with Crippen molar-refractivity contribution in [1.29, 1.82) is 0 Å². The Balaban J connectivity index is 1.55. The molecule has 3 nitrogen and oxygen atoms in total. The maximum atomic E-state index is 5.60. The molecule has 19 heavy (non-hydrogen) atoms. The summed E-state index contributed by atoms with van der Waals surface area (Å²) in [6.07, 6.45) is 3.83. The van der Waals surface area contributed by atoms with Crippen LogP contribution in [-0.4, -0.2) is 26.9 Å². The molecule has 1 aromatic rings. The van der Waals surface area contributed by atoms with Gasteiger partial charge in [-0.25, -0.2) is 0 Å². The Morgan fingerprint density at radius 1 is 1.32 bits per heavy atom. The fourth-order valence-corrected chi connectivity index (χ4v) is 2.12. The Morgan fingerprint density at radius 2 is 2.16 bits per heavy atom. The standard InChI is InChI=1S/C16H25NO2/c1-13-10-15(6-7-16(13)18-2)11-17-8-3-9-19-12-14-4-5-14/h6-7,10,14,17H,3-5,8-9,11-12H2,1-2H3. The van der Waals surface area contributed by atoms with Crippen LogP contribution in [0.2, 0.25) is 0 Å². The van der Waals surface area contributed by atoms with E-state index in [1.165, 1.54) is 24.0 Å². The number of rotatable bonds is 9. The molecule has 2 rings (SSSR count). The molecule has 0 aliphatic heterocycles. The van der Waals surface area contributed by atoms with Crippen molar-refractivity contribution in [2.45, 2.75) is 32.7 Å². The van der Waals surface area contributed by atoms with Gasteiger partial charge >= 0.3 is 0 Å². The summed E-state index contributed by atoms with van der Waals surface area (Å²) in [6, 6.07) is 6.32. The van der Waals surface area contributed by atoms with E-state index < -0.39 is 0 Å². The Hall–Kier alpha value is -1.06. The maximum Gasteiger partial charge on any atom is 0.121 e. The molecule has 1 aromatic carbocycles. The number of ether oxygens (including phenoxy) is 2. The molecule has 0 bridgehead atoms. The van der Waals surface area contributed by atoms with Crippen LogP contribution in [0.15, 0.2) is 18.2 Å². The van der Waals surface area contributed by atoms with E-state index in [1.807, 2.05) is 6.07 Å². The number of aryl methyl sites for hydroxylation is 1. The molecule has 0 amide bonds. The van der Waals surface area contributed by atoms with Crippen LogP contribution in [0.25, 0.3) is 0 Å². The number of nitrogens with one attached hydrogen (secondary N) is 1. The molecule has 1 fully saturated rings. The minimum Gasteiger partial charge on any atom is -0.496 e. The number of hydrogen-bond acceptors (Lipinski definition) is 3. The van der Waals surface area contributed by atoms with Crippen molar-refractivity contribution < 1.29 is 9.47 Å². The lowest BCUT2D eigenvalue weighted by Crippen LogP contribution is -2.16. The summed E-state index contributed by atoms with van der Waals surface area (Å²) in [5, 5.41) is 3.45. The van der Waals surface area contributed by atoms with E-state index in [1.54, 1.807) is 7.11 Å². The minimum absolute atomic E-state index is 0.871. The van der Waals surface area contributed by atoms with Crippen LogP contribution in [0.4, 0.5) is 0 Å². The van der Waals surface area contributed by atoms with Crippen molar-refractivity contribution in [3.8, 4) is 5.75 Å². The molecule has 0 atom stereocenters. The Labute approximate surface area is 116 Å². The second-order valence-corrected chi connectivity index (χ2v) is 5.35. The molecular formula is C16H25NO2. The molecule has 0 unspecified atom stereocenters.